The second-order valence-corrected chi connectivity index (χ2v) is 47.7. The lowest BCUT2D eigenvalue weighted by atomic mass is 9.60. The fourth-order valence-electron chi connectivity index (χ4n) is 23.8. The maximum atomic E-state index is 4.28. The molecule has 1 atom stereocenters. The van der Waals surface area contributed by atoms with Crippen LogP contribution < -0.4 is 14.7 Å². The summed E-state index contributed by atoms with van der Waals surface area (Å²) >= 11 is 0. The van der Waals surface area contributed by atoms with Gasteiger partial charge in [-0.3, -0.25) is 0 Å². The molecule has 0 spiro atoms. The Morgan fingerprint density at radius 1 is 0.366 bits per heavy atom. The van der Waals surface area contributed by atoms with Crippen LogP contribution in [-0.4, -0.2) is 5.54 Å². The third-order valence-corrected chi connectivity index (χ3v) is 34.4. The molecule has 0 saturated carbocycles. The summed E-state index contributed by atoms with van der Waals surface area (Å²) in [7, 11) is 0. The largest absolute Gasteiger partial charge is 0.332 e. The van der Waals surface area contributed by atoms with Gasteiger partial charge in [0.05, 0.1) is 5.54 Å². The van der Waals surface area contributed by atoms with Crippen molar-refractivity contribution in [1.29, 1.82) is 0 Å². The molecule has 0 N–H and O–H groups in total. The Morgan fingerprint density at radius 2 is 0.738 bits per heavy atom. The molecule has 1 unspecified atom stereocenters. The number of nitrogens with zero attached hydrogens (tertiary/aromatic N) is 3. The maximum Gasteiger partial charge on any atom is 0.0643 e. The minimum absolute atomic E-state index is 0.0198. The van der Waals surface area contributed by atoms with Crippen molar-refractivity contribution >= 4 is 45.8 Å². The van der Waals surface area contributed by atoms with Gasteiger partial charge in [0, 0.05) is 56.3 Å². The van der Waals surface area contributed by atoms with Crippen molar-refractivity contribution in [1.82, 2.24) is 0 Å². The number of benzene rings is 11. The molecule has 762 valence electrons. The van der Waals surface area contributed by atoms with E-state index in [2.05, 4.69) is 476 Å². The normalized spacial score (nSPS) is 15.2. The second-order valence-electron chi connectivity index (χ2n) is 47.7. The molecule has 0 saturated heterocycles. The van der Waals surface area contributed by atoms with Crippen LogP contribution in [0.5, 0.6) is 0 Å². The highest BCUT2D eigenvalue weighted by atomic mass is 15.2. The van der Waals surface area contributed by atoms with Crippen LogP contribution in [0.4, 0.5) is 34.1 Å². The van der Waals surface area contributed by atoms with Crippen LogP contribution in [0.15, 0.2) is 340 Å². The van der Waals surface area contributed by atoms with Gasteiger partial charge < -0.3 is 14.7 Å². The number of anilines is 6. The molecule has 0 radical (unpaired) electrons. The van der Waals surface area contributed by atoms with Crippen LogP contribution in [0.1, 0.15) is 393 Å². The molecule has 0 fully saturated rings. The molecular formula is C142H179N3. The van der Waals surface area contributed by atoms with E-state index in [1.807, 2.05) is 12.2 Å². The maximum absolute atomic E-state index is 4.28. The smallest absolute Gasteiger partial charge is 0.0643 e. The van der Waals surface area contributed by atoms with Gasteiger partial charge in [-0.2, -0.15) is 0 Å². The number of hydrogen-bond donors (Lipinski definition) is 0. The van der Waals surface area contributed by atoms with Crippen LogP contribution in [0, 0.1) is 10.8 Å². The van der Waals surface area contributed by atoms with E-state index in [0.29, 0.717) is 0 Å². The minimum Gasteiger partial charge on any atom is -0.332 e. The Hall–Kier alpha value is -11.3. The van der Waals surface area contributed by atoms with Crippen LogP contribution in [0.25, 0.3) is 56.2 Å². The SMILES string of the molecule is C=C/C=C(\CCC(C)(C)C(C)(C)c1ccc(N(c2ccc(-c3ccc(N(c4ccc(-c5ccccc5)cc4)c4ccc(C(C)(C)C(C)(C)c5ccc6c(c5)C(CCCCCCCC)(CCCCCCCC)c5cc7c(cc5-6)C(CCCCCCCC)(CCCCCCCC)c5cc(C(C)(C)C)ccc5-7)cc4)cc3)cc2)C2(C)C=CC(c3ccccc3)=CC2)cc1)N(C(/C=C\C)=C/C=CC(C)(C)C)c1ccc(C=C)cc1. The Morgan fingerprint density at radius 3 is 1.15 bits per heavy atom. The molecule has 145 heavy (non-hydrogen) atoms. The van der Waals surface area contributed by atoms with Crippen LogP contribution in [0.2, 0.25) is 0 Å². The van der Waals surface area contributed by atoms with Crippen molar-refractivity contribution in [3.05, 3.63) is 396 Å². The summed E-state index contributed by atoms with van der Waals surface area (Å²) in [5, 5.41) is 0. The van der Waals surface area contributed by atoms with Gasteiger partial charge in [-0.25, -0.2) is 0 Å². The van der Waals surface area contributed by atoms with Crippen molar-refractivity contribution in [2.45, 2.75) is 376 Å². The van der Waals surface area contributed by atoms with E-state index in [1.54, 1.807) is 33.4 Å². The predicted molar refractivity (Wildman–Crippen MR) is 638 cm³/mol. The third kappa shape index (κ3) is 25.3. The van der Waals surface area contributed by atoms with E-state index in [1.165, 1.54) is 252 Å². The summed E-state index contributed by atoms with van der Waals surface area (Å²) in [5.41, 5.74) is 34.3. The molecule has 14 rings (SSSR count). The Bertz CT molecular complexity index is 6200. The van der Waals surface area contributed by atoms with Gasteiger partial charge in [0.1, 0.15) is 0 Å². The van der Waals surface area contributed by atoms with Gasteiger partial charge in [-0.05, 0) is 300 Å². The van der Waals surface area contributed by atoms with Crippen molar-refractivity contribution in [3.8, 4) is 44.5 Å². The van der Waals surface area contributed by atoms with Crippen molar-refractivity contribution < 1.29 is 0 Å². The van der Waals surface area contributed by atoms with Crippen LogP contribution in [-0.2, 0) is 32.5 Å². The summed E-state index contributed by atoms with van der Waals surface area (Å²) in [6, 6.07) is 99.3. The molecule has 0 aliphatic heterocycles. The lowest BCUT2D eigenvalue weighted by molar-refractivity contribution is 0.180. The van der Waals surface area contributed by atoms with Gasteiger partial charge in [0.2, 0.25) is 0 Å². The summed E-state index contributed by atoms with van der Waals surface area (Å²) in [5.74, 6) is 0. The van der Waals surface area contributed by atoms with Crippen LogP contribution in [0.3, 0.4) is 0 Å². The first kappa shape index (κ1) is 109. The average molecular weight is 1930 g/mol. The number of unbranched alkanes of at least 4 members (excludes halogenated alkanes) is 20. The highest BCUT2D eigenvalue weighted by Gasteiger charge is 2.50. The number of fused-ring (bicyclic) bond motifs is 6. The molecule has 11 aromatic rings. The fraction of sp³-hybridized carbons (Fsp3) is 0.423. The summed E-state index contributed by atoms with van der Waals surface area (Å²) in [6.07, 6.45) is 63.3. The van der Waals surface area contributed by atoms with Crippen molar-refractivity contribution in [2.24, 2.45) is 10.8 Å². The molecule has 0 bridgehead atoms. The summed E-state index contributed by atoms with van der Waals surface area (Å²) in [6.45, 7) is 56.4. The number of hydrogen-bond acceptors (Lipinski definition) is 3. The molecular weight excluding hydrogens is 1750 g/mol. The lowest BCUT2D eigenvalue weighted by Crippen LogP contribution is -2.42. The number of allylic oxidation sites excluding steroid dienone is 10. The zero-order valence-corrected chi connectivity index (χ0v) is 93.3. The molecule has 3 aliphatic rings. The average Bonchev–Trinajstić information content (AvgIpc) is 1.52. The monoisotopic (exact) mass is 1930 g/mol. The first-order valence-corrected chi connectivity index (χ1v) is 56.7. The van der Waals surface area contributed by atoms with Gasteiger partial charge in [0.15, 0.2) is 0 Å². The summed E-state index contributed by atoms with van der Waals surface area (Å²) < 4.78 is 0. The van der Waals surface area contributed by atoms with Crippen molar-refractivity contribution in [2.75, 3.05) is 14.7 Å². The van der Waals surface area contributed by atoms with E-state index in [4.69, 9.17) is 0 Å². The van der Waals surface area contributed by atoms with Crippen LogP contribution >= 0.6 is 0 Å². The third-order valence-electron chi connectivity index (χ3n) is 34.4. The molecule has 0 amide bonds. The zero-order valence-electron chi connectivity index (χ0n) is 93.3. The molecule has 3 nitrogen and oxygen atoms in total. The standard InChI is InChI=1S/C142H179N3/c1-23-30-34-38-42-52-96-141(97-53-43-39-35-31-24-2)130-103-116(135(11,12)13)76-90-126(130)128-105-133-129(106-132(128)141)127-91-77-117(104-131(127)142(133,98-54-44-40-36-32-25-3)99-55-45-41-37-33-26-4)139(20,21)138(18,19)115-72-86-123(87-73-115)144(121-80-66-110(67-81-121)108-59-48-46-49-60-108)122-82-68-111(69-83-122)112-70-84-124(85-71-112)145(140(22)101-92-113(93-102-140)109-61-50-47-51-62-109)125-88-74-114(75-89-125)137(16,17)136(14,15)100-94-119(58-28-6)143(120-78-64-107(29-7)65-79-120)118(57-27-5)63-56-95-134(8,9)10/h27-29,46-51,56-93,95,101,103-106H,6-7,23-26,30-45,52-55,94,96-100,102H2,1-5,8-22H3/b57-27-,95-56?,118-63+,119-58+. The van der Waals surface area contributed by atoms with Gasteiger partial charge >= 0.3 is 0 Å². The highest BCUT2D eigenvalue weighted by Crippen LogP contribution is 2.63. The molecule has 0 heterocycles. The zero-order chi connectivity index (χ0) is 103. The van der Waals surface area contributed by atoms with E-state index in [9.17, 15) is 0 Å². The van der Waals surface area contributed by atoms with E-state index in [0.717, 1.165) is 64.6 Å². The first-order chi connectivity index (χ1) is 69.7. The molecule has 3 heteroatoms. The first-order valence-electron chi connectivity index (χ1n) is 56.7. The second kappa shape index (κ2) is 49.0. The lowest BCUT2D eigenvalue weighted by Gasteiger charge is -2.44. The van der Waals surface area contributed by atoms with E-state index >= 15 is 0 Å². The quantitative estimate of drug-likeness (QED) is 0.0278. The van der Waals surface area contributed by atoms with Gasteiger partial charge in [-0.1, -0.05) is 510 Å². The molecule has 0 aromatic heterocycles. The van der Waals surface area contributed by atoms with E-state index < -0.39 is 0 Å². The minimum atomic E-state index is -0.385. The Labute approximate surface area is 880 Å². The number of rotatable bonds is 52. The topological polar surface area (TPSA) is 9.72 Å². The predicted octanol–water partition coefficient (Wildman–Crippen LogP) is 42.9. The van der Waals surface area contributed by atoms with Gasteiger partial charge in [0.25, 0.3) is 0 Å². The van der Waals surface area contributed by atoms with E-state index in [-0.39, 0.29) is 48.9 Å². The van der Waals surface area contributed by atoms with Gasteiger partial charge in [-0.15, -0.1) is 0 Å². The fourth-order valence-corrected chi connectivity index (χ4v) is 23.8. The highest BCUT2D eigenvalue weighted by molar-refractivity contribution is 5.91. The van der Waals surface area contributed by atoms with Crippen molar-refractivity contribution in [3.63, 3.8) is 0 Å². The molecule has 3 aliphatic carbocycles. The molecule has 11 aromatic carbocycles. The Kier molecular flexibility index (Phi) is 37.0. The summed E-state index contributed by atoms with van der Waals surface area (Å²) in [4.78, 5) is 7.45. The Balaban J connectivity index is 0.785.